The zero-order valence-electron chi connectivity index (χ0n) is 21.6. The molecule has 0 saturated heterocycles. The number of unbranched alkanes of at least 4 members (excludes halogenated alkanes) is 1. The molecule has 1 N–H and O–H groups in total. The van der Waals surface area contributed by atoms with Crippen molar-refractivity contribution in [2.75, 3.05) is 17.4 Å². The van der Waals surface area contributed by atoms with Gasteiger partial charge in [0.25, 0.3) is 10.0 Å². The van der Waals surface area contributed by atoms with E-state index in [9.17, 15) is 22.4 Å². The van der Waals surface area contributed by atoms with Crippen molar-refractivity contribution in [2.45, 2.75) is 44.2 Å². The van der Waals surface area contributed by atoms with Crippen LogP contribution in [0.5, 0.6) is 0 Å². The molecular formula is C28H30BrClFN3O4S. The van der Waals surface area contributed by atoms with E-state index in [0.717, 1.165) is 39.3 Å². The van der Waals surface area contributed by atoms with E-state index in [1.807, 2.05) is 31.2 Å². The van der Waals surface area contributed by atoms with Crippen LogP contribution in [0.2, 0.25) is 5.02 Å². The van der Waals surface area contributed by atoms with Crippen LogP contribution in [0.25, 0.3) is 0 Å². The fourth-order valence-corrected chi connectivity index (χ4v) is 5.66. The predicted octanol–water partition coefficient (Wildman–Crippen LogP) is 5.77. The van der Waals surface area contributed by atoms with E-state index < -0.39 is 34.3 Å². The van der Waals surface area contributed by atoms with E-state index in [4.69, 9.17) is 11.6 Å². The van der Waals surface area contributed by atoms with Gasteiger partial charge >= 0.3 is 0 Å². The Morgan fingerprint density at radius 1 is 1.05 bits per heavy atom. The summed E-state index contributed by atoms with van der Waals surface area (Å²) in [6, 6.07) is 17.4. The average Bonchev–Trinajstić information content (AvgIpc) is 2.93. The molecule has 208 valence electrons. The maximum atomic E-state index is 13.9. The summed E-state index contributed by atoms with van der Waals surface area (Å²) < 4.78 is 43.1. The van der Waals surface area contributed by atoms with Crippen LogP contribution in [0.3, 0.4) is 0 Å². The van der Waals surface area contributed by atoms with Gasteiger partial charge in [0.05, 0.1) is 15.6 Å². The van der Waals surface area contributed by atoms with Crippen LogP contribution in [0.4, 0.5) is 10.1 Å². The third kappa shape index (κ3) is 8.03. The Hall–Kier alpha value is -2.95. The lowest BCUT2D eigenvalue weighted by Gasteiger charge is -2.32. The molecule has 3 rings (SSSR count). The number of carbonyl (C=O) groups excluding carboxylic acids is 2. The van der Waals surface area contributed by atoms with Crippen molar-refractivity contribution in [1.82, 2.24) is 10.2 Å². The Kier molecular flexibility index (Phi) is 10.9. The molecule has 3 aromatic carbocycles. The Balaban J connectivity index is 2.00. The number of sulfonamides is 1. The first-order valence-electron chi connectivity index (χ1n) is 12.4. The zero-order valence-corrected chi connectivity index (χ0v) is 24.8. The Morgan fingerprint density at radius 2 is 1.72 bits per heavy atom. The molecule has 0 aliphatic heterocycles. The Morgan fingerprint density at radius 3 is 2.33 bits per heavy atom. The van der Waals surface area contributed by atoms with Crippen LogP contribution < -0.4 is 9.62 Å². The third-order valence-corrected chi connectivity index (χ3v) is 8.67. The molecule has 0 aliphatic carbocycles. The second kappa shape index (κ2) is 13.9. The fourth-order valence-electron chi connectivity index (χ4n) is 3.79. The molecule has 1 atom stereocenters. The first-order chi connectivity index (χ1) is 18.5. The number of carbonyl (C=O) groups is 2. The van der Waals surface area contributed by atoms with Gasteiger partial charge in [0.2, 0.25) is 11.8 Å². The molecule has 1 unspecified atom stereocenters. The summed E-state index contributed by atoms with van der Waals surface area (Å²) in [7, 11) is -4.26. The minimum atomic E-state index is -4.26. The van der Waals surface area contributed by atoms with Gasteiger partial charge in [-0.25, -0.2) is 12.8 Å². The largest absolute Gasteiger partial charge is 0.354 e. The molecule has 2 amide bonds. The third-order valence-electron chi connectivity index (χ3n) is 6.06. The number of anilines is 1. The van der Waals surface area contributed by atoms with Crippen molar-refractivity contribution in [1.29, 1.82) is 0 Å². The van der Waals surface area contributed by atoms with Crippen LogP contribution in [0, 0.1) is 5.82 Å². The normalized spacial score (nSPS) is 12.0. The van der Waals surface area contributed by atoms with Crippen molar-refractivity contribution in [3.8, 4) is 0 Å². The lowest BCUT2D eigenvalue weighted by atomic mass is 10.1. The number of amides is 2. The van der Waals surface area contributed by atoms with Crippen molar-refractivity contribution in [3.05, 3.63) is 93.7 Å². The minimum Gasteiger partial charge on any atom is -0.354 e. The van der Waals surface area contributed by atoms with Gasteiger partial charge in [-0.05, 0) is 61.4 Å². The molecule has 7 nitrogen and oxygen atoms in total. The quantitative estimate of drug-likeness (QED) is 0.255. The summed E-state index contributed by atoms with van der Waals surface area (Å²) in [4.78, 5) is 28.1. The van der Waals surface area contributed by atoms with Gasteiger partial charge in [-0.15, -0.1) is 0 Å². The summed E-state index contributed by atoms with van der Waals surface area (Å²) in [6.45, 7) is 3.49. The molecule has 3 aromatic rings. The molecule has 0 heterocycles. The smallest absolute Gasteiger partial charge is 0.264 e. The predicted molar refractivity (Wildman–Crippen MR) is 154 cm³/mol. The molecule has 11 heteroatoms. The fraction of sp³-hybridized carbons (Fsp3) is 0.286. The van der Waals surface area contributed by atoms with E-state index in [0.29, 0.717) is 6.54 Å². The number of halogens is 3. The van der Waals surface area contributed by atoms with Crippen molar-refractivity contribution < 1.29 is 22.4 Å². The molecule has 39 heavy (non-hydrogen) atoms. The average molecular weight is 639 g/mol. The minimum absolute atomic E-state index is 0.0160. The van der Waals surface area contributed by atoms with Crippen molar-refractivity contribution in [3.63, 3.8) is 0 Å². The van der Waals surface area contributed by atoms with Gasteiger partial charge in [-0.1, -0.05) is 71.2 Å². The van der Waals surface area contributed by atoms with E-state index in [1.165, 1.54) is 23.1 Å². The second-order valence-corrected chi connectivity index (χ2v) is 12.1. The molecule has 0 fully saturated rings. The number of rotatable bonds is 12. The summed E-state index contributed by atoms with van der Waals surface area (Å²) in [5, 5.41) is 2.55. The van der Waals surface area contributed by atoms with E-state index in [1.54, 1.807) is 25.1 Å². The van der Waals surface area contributed by atoms with Gasteiger partial charge in [0, 0.05) is 17.6 Å². The van der Waals surface area contributed by atoms with Gasteiger partial charge in [0.15, 0.2) is 0 Å². The monoisotopic (exact) mass is 637 g/mol. The van der Waals surface area contributed by atoms with Crippen molar-refractivity contribution >= 4 is 55.1 Å². The molecule has 0 aromatic heterocycles. The summed E-state index contributed by atoms with van der Waals surface area (Å²) in [6.07, 6.45) is 1.68. The highest BCUT2D eigenvalue weighted by molar-refractivity contribution is 9.10. The highest BCUT2D eigenvalue weighted by Gasteiger charge is 2.32. The Bertz CT molecular complexity index is 1390. The summed E-state index contributed by atoms with van der Waals surface area (Å²) in [5.41, 5.74) is 0.768. The van der Waals surface area contributed by atoms with Crippen LogP contribution in [0.1, 0.15) is 32.3 Å². The number of benzene rings is 3. The molecule has 0 saturated carbocycles. The van der Waals surface area contributed by atoms with Gasteiger partial charge in [0.1, 0.15) is 18.4 Å². The molecule has 0 bridgehead atoms. The molecule has 0 radical (unpaired) electrons. The SMILES string of the molecule is CCCCNC(=O)C(C)N(Cc1ccc(Br)cc1)C(=O)CN(c1ccc(F)c(Cl)c1)S(=O)(=O)c1ccccc1. The van der Waals surface area contributed by atoms with E-state index >= 15 is 0 Å². The first-order valence-corrected chi connectivity index (χ1v) is 15.0. The second-order valence-electron chi connectivity index (χ2n) is 8.89. The summed E-state index contributed by atoms with van der Waals surface area (Å²) in [5.74, 6) is -1.69. The van der Waals surface area contributed by atoms with Crippen LogP contribution in [-0.4, -0.2) is 44.3 Å². The maximum absolute atomic E-state index is 13.9. The molecular weight excluding hydrogens is 609 g/mol. The first kappa shape index (κ1) is 30.6. The number of hydrogen-bond donors (Lipinski definition) is 1. The standard InChI is InChI=1S/C28H30BrClFN3O4S/c1-3-4-16-32-28(36)20(2)33(18-21-10-12-22(29)13-11-21)27(35)19-34(23-14-15-26(31)25(30)17-23)39(37,38)24-8-6-5-7-9-24/h5-15,17,20H,3-4,16,18-19H2,1-2H3,(H,32,36). The molecule has 0 spiro atoms. The van der Waals surface area contributed by atoms with Crippen LogP contribution in [-0.2, 0) is 26.2 Å². The van der Waals surface area contributed by atoms with Gasteiger partial charge in [-0.2, -0.15) is 0 Å². The maximum Gasteiger partial charge on any atom is 0.264 e. The zero-order chi connectivity index (χ0) is 28.6. The highest BCUT2D eigenvalue weighted by atomic mass is 79.9. The van der Waals surface area contributed by atoms with E-state index in [2.05, 4.69) is 21.2 Å². The van der Waals surface area contributed by atoms with Crippen LogP contribution >= 0.6 is 27.5 Å². The van der Waals surface area contributed by atoms with E-state index in [-0.39, 0.29) is 28.1 Å². The lowest BCUT2D eigenvalue weighted by molar-refractivity contribution is -0.139. The molecule has 0 aliphatic rings. The van der Waals surface area contributed by atoms with Crippen molar-refractivity contribution in [2.24, 2.45) is 0 Å². The Labute approximate surface area is 242 Å². The van der Waals surface area contributed by atoms with Gasteiger partial charge in [-0.3, -0.25) is 13.9 Å². The number of nitrogens with zero attached hydrogens (tertiary/aromatic N) is 2. The number of nitrogens with one attached hydrogen (secondary N) is 1. The van der Waals surface area contributed by atoms with Crippen LogP contribution in [0.15, 0.2) is 82.2 Å². The topological polar surface area (TPSA) is 86.8 Å². The highest BCUT2D eigenvalue weighted by Crippen LogP contribution is 2.28. The summed E-state index contributed by atoms with van der Waals surface area (Å²) >= 11 is 9.36. The van der Waals surface area contributed by atoms with Gasteiger partial charge < -0.3 is 10.2 Å². The lowest BCUT2D eigenvalue weighted by Crippen LogP contribution is -2.51. The number of hydrogen-bond acceptors (Lipinski definition) is 4.